The Hall–Kier alpha value is -10.7. The number of carboxylic acid groups (broad SMARTS) is 1. The minimum atomic E-state index is -1.16. The van der Waals surface area contributed by atoms with Crippen molar-refractivity contribution < 1.29 is 139 Å². The van der Waals surface area contributed by atoms with Gasteiger partial charge in [0.05, 0.1) is 44.4 Å². The molecule has 12 amide bonds. The number of ketones is 3. The normalized spacial score (nSPS) is 20.0. The number of likely N-dealkylation sites (tertiary alicyclic amines) is 4. The molecule has 40 nitrogen and oxygen atoms in total. The number of benzene rings is 2. The second kappa shape index (κ2) is 49.1. The van der Waals surface area contributed by atoms with Gasteiger partial charge in [-0.2, -0.15) is 0 Å². The second-order valence-electron chi connectivity index (χ2n) is 43.4. The van der Waals surface area contributed by atoms with E-state index in [0.29, 0.717) is 5.56 Å². The third-order valence-corrected chi connectivity index (χ3v) is 23.4. The molecule has 15 atom stereocenters. The van der Waals surface area contributed by atoms with Crippen molar-refractivity contribution in [1.82, 2.24) is 60.9 Å². The average Bonchev–Trinajstić information content (AvgIpc) is 1.71. The molecule has 4 fully saturated rings. The Morgan fingerprint density at radius 1 is 0.404 bits per heavy atom. The molecular weight excluding hydrogens is 1760 g/mol. The van der Waals surface area contributed by atoms with Crippen molar-refractivity contribution >= 4 is 107 Å². The number of ether oxygens (including phenoxy) is 5. The maximum atomic E-state index is 14.3. The van der Waals surface area contributed by atoms with E-state index in [1.165, 1.54) is 129 Å². The molecule has 136 heavy (non-hydrogen) atoms. The minimum absolute atomic E-state index is 0. The van der Waals surface area contributed by atoms with E-state index in [1.807, 2.05) is 62.3 Å². The monoisotopic (exact) mass is 1910 g/mol. The molecule has 41 heteroatoms. The first-order chi connectivity index (χ1) is 61.5. The summed E-state index contributed by atoms with van der Waals surface area (Å²) in [6.07, 6.45) is -1.65. The van der Waals surface area contributed by atoms with Gasteiger partial charge in [0.2, 0.25) is 29.5 Å². The number of esters is 2. The minimum Gasteiger partial charge on any atom is -0.553 e. The summed E-state index contributed by atoms with van der Waals surface area (Å²) < 4.78 is 25.9. The number of methoxy groups -OCH3 is 2. The number of aliphatic carboxylic acids is 1. The quantitative estimate of drug-likeness (QED) is 0.0276. The van der Waals surface area contributed by atoms with Crippen molar-refractivity contribution in [2.75, 3.05) is 61.5 Å². The van der Waals surface area contributed by atoms with E-state index >= 15 is 0 Å². The molecule has 0 spiro atoms. The van der Waals surface area contributed by atoms with Crippen molar-refractivity contribution in [2.24, 2.45) is 44.5 Å². The van der Waals surface area contributed by atoms with Gasteiger partial charge in [0.15, 0.2) is 17.3 Å². The number of carbonyl (C=O) groups is 18. The van der Waals surface area contributed by atoms with Crippen LogP contribution >= 0.6 is 0 Å². The summed E-state index contributed by atoms with van der Waals surface area (Å²) in [5, 5.41) is 29.7. The first-order valence-corrected chi connectivity index (χ1v) is 45.0. The molecule has 2 aromatic rings. The molecule has 0 unspecified atom stereocenters. The standard InChI is InChI=1S/C51H79N7O13.C32H48N6O7.C12H23NO4.Li.H2NO/c1-28(55(16)46(67)70-50(10,11)12)38(60)25-35(48(4,5)6)43(64)57-26-33(23-36(57)30(3)59)52-41(62)31-19-21-32(22-20-31)42(63)53-34-24-37(45(66)69-18)58(27-34)44(65)39(49(7,8)9)54-40(61)29(2)56(17)47(68)71-51(13,14)15;1-17(39)22-13-20(15-37(22)28(42)24(33)31(2,3)4)35-26(40)18-9-11-19(12-10-18)27(41)36-21-14-23(30(44)45-8)38(16-21)29(43)25(34)32(5,6)7;1-11(2,3)8(9(14)15)13(7)10(16)17-12(4,5)6;;1-2/h19-22,28-29,33-37,39H,23-27H2,1-18H3,(H,52,62)(H,53,63)(H,54,61);9-12,20-25H,13-16,33-34H2,1-8H3,(H,35,40)(H,36,41);8H,1-7H3,(H,14,15);;1-2H/q;;;+1;-1/t28-,29-,33-,34-,35+,36-,37-,39+;20-,21-,22-,23-,24+,25+;8-;;/m001../s1. The molecule has 4 aliphatic rings. The Balaban J connectivity index is 0.000000814. The smallest absolute Gasteiger partial charge is 0.553 e. The SMILES string of the molecule is CN(C(=O)OC(C)(C)C)[C@H](C(=O)O)C(C)(C)C.COC(=O)[C@@H]1C[C@H](NC(=O)c2ccc(C(=O)N[C@H]3C[C@@H](C(C)=O)N(C(=O)[C@@H](CC(=O)[C@H](C)N(C)C(=O)OC(C)(C)C)C(C)(C)C)C3)cc2)CN1C(=O)[C@@H](NC(=O)[C@H](C)N(C)C(=O)OC(C)(C)C)C(C)(C)C.COC(=O)[C@@H]1C[C@H](NC(=O)c2ccc(C(=O)N[C@H]3C[C@@H](C(C)=O)N(C(=O)[C@@H](N)C(C)(C)C)C3)cc2)CN1C(=O)[C@@H](N)C(C)(C)C.[Li+].[NH-]O. The molecule has 0 aliphatic carbocycles. The van der Waals surface area contributed by atoms with Gasteiger partial charge in [0, 0.05) is 119 Å². The molecule has 2 aromatic carbocycles. The zero-order valence-electron chi connectivity index (χ0n) is 86.2. The summed E-state index contributed by atoms with van der Waals surface area (Å²) in [5.74, 6) is -3.56. The summed E-state index contributed by atoms with van der Waals surface area (Å²) in [7, 11) is 6.73. The van der Waals surface area contributed by atoms with Crippen molar-refractivity contribution in [1.29, 1.82) is 0 Å². The molecule has 0 bridgehead atoms. The van der Waals surface area contributed by atoms with Crippen LogP contribution in [0.25, 0.3) is 5.90 Å². The third-order valence-electron chi connectivity index (χ3n) is 23.4. The van der Waals surface area contributed by atoms with Crippen molar-refractivity contribution in [2.45, 2.75) is 327 Å². The molecule has 4 saturated heterocycles. The number of carbonyl (C=O) groups excluding carboxylic acids is 17. The van der Waals surface area contributed by atoms with Crippen LogP contribution in [-0.2, 0) is 76.4 Å². The predicted octanol–water partition coefficient (Wildman–Crippen LogP) is 4.89. The van der Waals surface area contributed by atoms with Gasteiger partial charge in [0.1, 0.15) is 47.0 Å². The molecule has 12 N–H and O–H groups in total. The number of nitrogens with one attached hydrogen (secondary N) is 6. The van der Waals surface area contributed by atoms with Crippen LogP contribution in [-0.4, -0.2) is 314 Å². The van der Waals surface area contributed by atoms with Crippen LogP contribution < -0.4 is 56.9 Å². The predicted molar refractivity (Wildman–Crippen MR) is 500 cm³/mol. The van der Waals surface area contributed by atoms with Crippen molar-refractivity contribution in [3.05, 3.63) is 76.7 Å². The van der Waals surface area contributed by atoms with Crippen molar-refractivity contribution in [3.8, 4) is 0 Å². The Labute approximate surface area is 812 Å². The maximum Gasteiger partial charge on any atom is 1.00 e. The van der Waals surface area contributed by atoms with Crippen LogP contribution in [0.4, 0.5) is 14.4 Å². The fourth-order valence-electron chi connectivity index (χ4n) is 15.3. The zero-order valence-corrected chi connectivity index (χ0v) is 86.2. The Morgan fingerprint density at radius 3 is 0.919 bits per heavy atom. The molecule has 4 aliphatic heterocycles. The van der Waals surface area contributed by atoms with Crippen LogP contribution in [0.3, 0.4) is 0 Å². The summed E-state index contributed by atoms with van der Waals surface area (Å²) >= 11 is 0. The van der Waals surface area contributed by atoms with E-state index in [9.17, 15) is 91.4 Å². The summed E-state index contributed by atoms with van der Waals surface area (Å²) in [5.41, 5.74) is 7.90. The Bertz CT molecular complexity index is 4590. The van der Waals surface area contributed by atoms with Gasteiger partial charge in [-0.25, -0.2) is 28.8 Å². The summed E-state index contributed by atoms with van der Waals surface area (Å²) in [6.45, 7) is 48.5. The fourth-order valence-corrected chi connectivity index (χ4v) is 15.3. The summed E-state index contributed by atoms with van der Waals surface area (Å²) in [4.78, 5) is 243. The van der Waals surface area contributed by atoms with E-state index < -0.39 is 218 Å². The van der Waals surface area contributed by atoms with Crippen LogP contribution in [0, 0.1) is 33.0 Å². The third kappa shape index (κ3) is 34.8. The van der Waals surface area contributed by atoms with Gasteiger partial charge in [-0.1, -0.05) is 104 Å². The number of amides is 12. The number of carboxylic acids is 1. The first kappa shape index (κ1) is 121. The second-order valence-corrected chi connectivity index (χ2v) is 43.4. The van der Waals surface area contributed by atoms with Crippen LogP contribution in [0.1, 0.15) is 267 Å². The van der Waals surface area contributed by atoms with Gasteiger partial charge in [-0.05, 0) is 178 Å². The number of nitrogens with two attached hydrogens (primary N) is 2. The van der Waals surface area contributed by atoms with E-state index in [0.717, 1.165) is 9.80 Å². The van der Waals surface area contributed by atoms with Crippen LogP contribution in [0.2, 0.25) is 0 Å². The van der Waals surface area contributed by atoms with Crippen molar-refractivity contribution in [3.63, 3.8) is 0 Å². The van der Waals surface area contributed by atoms with E-state index in [4.69, 9.17) is 46.3 Å². The van der Waals surface area contributed by atoms with E-state index in [1.54, 1.807) is 111 Å². The molecule has 6 rings (SSSR count). The first-order valence-electron chi connectivity index (χ1n) is 45.0. The fraction of sp³-hybridized carbons (Fsp3) is 0.684. The number of nitrogens with zero attached hydrogens (tertiary/aromatic N) is 7. The molecule has 758 valence electrons. The van der Waals surface area contributed by atoms with Gasteiger partial charge < -0.3 is 102 Å². The van der Waals surface area contributed by atoms with E-state index in [2.05, 4.69) is 26.6 Å². The molecule has 0 saturated carbocycles. The molecule has 0 aromatic heterocycles. The molecule has 4 heterocycles. The Kier molecular flexibility index (Phi) is 43.8. The van der Waals surface area contributed by atoms with E-state index in [-0.39, 0.29) is 117 Å². The summed E-state index contributed by atoms with van der Waals surface area (Å²) in [6, 6.07) is 0.316. The number of rotatable bonds is 25. The average molecular weight is 1910 g/mol. The number of hydrogen-bond acceptors (Lipinski definition) is 26. The molecular formula is C95H152LiN15O25. The number of hydrogen-bond donors (Lipinski definition) is 9. The molecule has 0 radical (unpaired) electrons. The van der Waals surface area contributed by atoms with Crippen LogP contribution in [0.5, 0.6) is 0 Å². The zero-order chi connectivity index (χ0) is 104. The number of likely N-dealkylation sites (N-methyl/N-ethyl adjacent to an activating group) is 3. The maximum absolute atomic E-state index is 14.3. The van der Waals surface area contributed by atoms with Gasteiger partial charge in [-0.3, -0.25) is 67.3 Å². The van der Waals surface area contributed by atoms with Gasteiger partial charge in [0.25, 0.3) is 23.6 Å². The largest absolute Gasteiger partial charge is 1.00 e. The van der Waals surface area contributed by atoms with Gasteiger partial charge >= 0.3 is 55.0 Å². The Morgan fingerprint density at radius 2 is 0.669 bits per heavy atom. The van der Waals surface area contributed by atoms with Gasteiger partial charge in [-0.15, -0.1) is 0 Å². The number of Topliss-reactive ketones (excluding diaryl/α,β-unsaturated/α-hetero) is 3. The topological polar surface area (TPSA) is 553 Å². The van der Waals surface area contributed by atoms with Crippen LogP contribution in [0.15, 0.2) is 48.5 Å².